The lowest BCUT2D eigenvalue weighted by Crippen LogP contribution is -2.56. The van der Waals surface area contributed by atoms with E-state index in [0.29, 0.717) is 19.4 Å². The molecule has 2 bridgehead atoms. The van der Waals surface area contributed by atoms with Crippen molar-refractivity contribution in [1.82, 2.24) is 15.5 Å². The first-order valence-corrected chi connectivity index (χ1v) is 10.4. The molecule has 6 atom stereocenters. The van der Waals surface area contributed by atoms with Crippen LogP contribution < -0.4 is 10.6 Å². The standard InChI is InChI=1S/C20H33N3O5/c1-5-6-8-22-17(26)15-20-11-12(2)19(3,28-20)13(16(25)21-4)14(20)18(27)23(15)9-7-10-24/h12-15,24H,5-11H2,1-4H3,(H,21,25)(H,22,26)/t12?,13-,14-,15?,19+,20?/m0/s1. The van der Waals surface area contributed by atoms with E-state index < -0.39 is 29.1 Å². The van der Waals surface area contributed by atoms with Gasteiger partial charge in [-0.3, -0.25) is 14.4 Å². The summed E-state index contributed by atoms with van der Waals surface area (Å²) < 4.78 is 6.49. The molecule has 28 heavy (non-hydrogen) atoms. The van der Waals surface area contributed by atoms with Gasteiger partial charge in [0.2, 0.25) is 17.7 Å². The van der Waals surface area contributed by atoms with Crippen molar-refractivity contribution in [1.29, 1.82) is 0 Å². The van der Waals surface area contributed by atoms with Gasteiger partial charge >= 0.3 is 0 Å². The molecular weight excluding hydrogens is 362 g/mol. The summed E-state index contributed by atoms with van der Waals surface area (Å²) in [7, 11) is 1.56. The Morgan fingerprint density at radius 2 is 2.04 bits per heavy atom. The Balaban J connectivity index is 2.01. The molecule has 0 aromatic heterocycles. The Kier molecular flexibility index (Phi) is 5.74. The Morgan fingerprint density at radius 1 is 1.32 bits per heavy atom. The van der Waals surface area contributed by atoms with Crippen molar-refractivity contribution in [2.45, 2.75) is 63.7 Å². The van der Waals surface area contributed by atoms with E-state index in [4.69, 9.17) is 4.74 Å². The second kappa shape index (κ2) is 7.63. The van der Waals surface area contributed by atoms with Gasteiger partial charge in [0.1, 0.15) is 11.6 Å². The van der Waals surface area contributed by atoms with Gasteiger partial charge in [0.25, 0.3) is 0 Å². The SMILES string of the molecule is CCCCNC(=O)C1N(CCCO)C(=O)[C@@H]2[C@@H](C(=O)NC)[C@]3(C)OC12CC3C. The van der Waals surface area contributed by atoms with Gasteiger partial charge in [-0.15, -0.1) is 0 Å². The number of fused-ring (bicyclic) bond motifs is 1. The number of nitrogens with one attached hydrogen (secondary N) is 2. The molecule has 0 aromatic carbocycles. The average molecular weight is 396 g/mol. The number of nitrogens with zero attached hydrogens (tertiary/aromatic N) is 1. The van der Waals surface area contributed by atoms with Crippen LogP contribution in [0.15, 0.2) is 0 Å². The molecule has 8 nitrogen and oxygen atoms in total. The van der Waals surface area contributed by atoms with Crippen LogP contribution in [0.2, 0.25) is 0 Å². The zero-order chi connectivity index (χ0) is 20.7. The minimum absolute atomic E-state index is 0.0441. The number of ether oxygens (including phenoxy) is 1. The molecule has 8 heteroatoms. The van der Waals surface area contributed by atoms with Crippen LogP contribution in [0.5, 0.6) is 0 Å². The minimum atomic E-state index is -0.992. The van der Waals surface area contributed by atoms with Gasteiger partial charge in [0.15, 0.2) is 0 Å². The van der Waals surface area contributed by atoms with Crippen molar-refractivity contribution in [3.63, 3.8) is 0 Å². The third kappa shape index (κ3) is 2.84. The molecule has 3 heterocycles. The number of aliphatic hydroxyl groups is 1. The molecular formula is C20H33N3O5. The lowest BCUT2D eigenvalue weighted by molar-refractivity contribution is -0.147. The van der Waals surface area contributed by atoms with Crippen LogP contribution in [-0.2, 0) is 19.1 Å². The largest absolute Gasteiger partial charge is 0.396 e. The Morgan fingerprint density at radius 3 is 2.64 bits per heavy atom. The molecule has 0 radical (unpaired) electrons. The zero-order valence-corrected chi connectivity index (χ0v) is 17.3. The van der Waals surface area contributed by atoms with Crippen molar-refractivity contribution in [2.24, 2.45) is 17.8 Å². The van der Waals surface area contributed by atoms with Crippen LogP contribution in [0, 0.1) is 17.8 Å². The second-order valence-corrected chi connectivity index (χ2v) is 8.57. The predicted octanol–water partition coefficient (Wildman–Crippen LogP) is 0.0418. The smallest absolute Gasteiger partial charge is 0.245 e. The molecule has 158 valence electrons. The number of unbranched alkanes of at least 4 members (excludes halogenated alkanes) is 1. The summed E-state index contributed by atoms with van der Waals surface area (Å²) in [5, 5.41) is 14.9. The lowest BCUT2D eigenvalue weighted by Gasteiger charge is -2.36. The molecule has 3 saturated heterocycles. The van der Waals surface area contributed by atoms with Crippen molar-refractivity contribution in [3.05, 3.63) is 0 Å². The van der Waals surface area contributed by atoms with Gasteiger partial charge in [-0.25, -0.2) is 0 Å². The van der Waals surface area contributed by atoms with E-state index in [1.165, 1.54) is 4.90 Å². The molecule has 3 rings (SSSR count). The normalized spacial score (nSPS) is 38.6. The zero-order valence-electron chi connectivity index (χ0n) is 17.3. The Bertz CT molecular complexity index is 656. The molecule has 0 saturated carbocycles. The molecule has 3 N–H and O–H groups in total. The first-order valence-electron chi connectivity index (χ1n) is 10.4. The van der Waals surface area contributed by atoms with E-state index in [1.807, 2.05) is 20.8 Å². The highest BCUT2D eigenvalue weighted by Gasteiger charge is 2.79. The fraction of sp³-hybridized carbons (Fsp3) is 0.850. The topological polar surface area (TPSA) is 108 Å². The molecule has 1 spiro atoms. The van der Waals surface area contributed by atoms with E-state index in [9.17, 15) is 19.5 Å². The second-order valence-electron chi connectivity index (χ2n) is 8.57. The number of hydrogen-bond donors (Lipinski definition) is 3. The predicted molar refractivity (Wildman–Crippen MR) is 102 cm³/mol. The summed E-state index contributed by atoms with van der Waals surface area (Å²) in [6, 6.07) is -0.771. The lowest BCUT2D eigenvalue weighted by atomic mass is 9.62. The highest BCUT2D eigenvalue weighted by molar-refractivity contribution is 5.99. The maximum Gasteiger partial charge on any atom is 0.245 e. The Hall–Kier alpha value is -1.67. The summed E-state index contributed by atoms with van der Waals surface area (Å²) in [6.45, 7) is 6.70. The van der Waals surface area contributed by atoms with Gasteiger partial charge < -0.3 is 25.4 Å². The number of rotatable bonds is 8. The van der Waals surface area contributed by atoms with E-state index >= 15 is 0 Å². The van der Waals surface area contributed by atoms with E-state index in [-0.39, 0.29) is 36.8 Å². The van der Waals surface area contributed by atoms with Gasteiger partial charge in [0, 0.05) is 26.7 Å². The molecule has 3 fully saturated rings. The van der Waals surface area contributed by atoms with Gasteiger partial charge in [0.05, 0.1) is 17.4 Å². The van der Waals surface area contributed by atoms with Crippen LogP contribution in [0.4, 0.5) is 0 Å². The third-order valence-corrected chi connectivity index (χ3v) is 6.98. The first kappa shape index (κ1) is 21.0. The summed E-state index contributed by atoms with van der Waals surface area (Å²) in [4.78, 5) is 40.9. The van der Waals surface area contributed by atoms with Crippen LogP contribution >= 0.6 is 0 Å². The number of amides is 3. The number of carbonyl (C=O) groups is 3. The molecule has 3 aliphatic heterocycles. The molecule has 3 aliphatic rings. The minimum Gasteiger partial charge on any atom is -0.396 e. The van der Waals surface area contributed by atoms with Crippen LogP contribution in [-0.4, -0.2) is 71.7 Å². The van der Waals surface area contributed by atoms with Crippen LogP contribution in [0.3, 0.4) is 0 Å². The molecule has 0 aromatic rings. The van der Waals surface area contributed by atoms with E-state index in [2.05, 4.69) is 10.6 Å². The number of hydrogen-bond acceptors (Lipinski definition) is 5. The Labute approximate surface area is 166 Å². The van der Waals surface area contributed by atoms with Crippen molar-refractivity contribution < 1.29 is 24.2 Å². The van der Waals surface area contributed by atoms with Crippen LogP contribution in [0.25, 0.3) is 0 Å². The molecule has 3 unspecified atom stereocenters. The maximum atomic E-state index is 13.4. The number of aliphatic hydroxyl groups excluding tert-OH is 1. The average Bonchev–Trinajstić information content (AvgIpc) is 3.16. The summed E-state index contributed by atoms with van der Waals surface area (Å²) in [5.41, 5.74) is -1.76. The first-order chi connectivity index (χ1) is 13.3. The van der Waals surface area contributed by atoms with E-state index in [1.54, 1.807) is 7.05 Å². The third-order valence-electron chi connectivity index (χ3n) is 6.98. The number of carbonyl (C=O) groups excluding carboxylic acids is 3. The highest BCUT2D eigenvalue weighted by atomic mass is 16.5. The van der Waals surface area contributed by atoms with Gasteiger partial charge in [-0.05, 0) is 32.1 Å². The summed E-state index contributed by atoms with van der Waals surface area (Å²) >= 11 is 0. The van der Waals surface area contributed by atoms with Crippen molar-refractivity contribution in [3.8, 4) is 0 Å². The van der Waals surface area contributed by atoms with Gasteiger partial charge in [-0.2, -0.15) is 0 Å². The fourth-order valence-corrected chi connectivity index (χ4v) is 5.56. The van der Waals surface area contributed by atoms with Crippen molar-refractivity contribution >= 4 is 17.7 Å². The molecule has 3 amide bonds. The van der Waals surface area contributed by atoms with Gasteiger partial charge in [-0.1, -0.05) is 20.3 Å². The maximum absolute atomic E-state index is 13.4. The van der Waals surface area contributed by atoms with Crippen LogP contribution in [0.1, 0.15) is 46.5 Å². The fourth-order valence-electron chi connectivity index (χ4n) is 5.56. The molecule has 0 aliphatic carbocycles. The quantitative estimate of drug-likeness (QED) is 0.503. The van der Waals surface area contributed by atoms with E-state index in [0.717, 1.165) is 12.8 Å². The monoisotopic (exact) mass is 395 g/mol. The summed E-state index contributed by atoms with van der Waals surface area (Å²) in [6.07, 6.45) is 2.76. The van der Waals surface area contributed by atoms with Crippen molar-refractivity contribution in [2.75, 3.05) is 26.7 Å². The highest BCUT2D eigenvalue weighted by Crippen LogP contribution is 2.65. The summed E-state index contributed by atoms with van der Waals surface area (Å²) in [5.74, 6) is -1.91. The number of likely N-dealkylation sites (tertiary alicyclic amines) is 1.